The first-order chi connectivity index (χ1) is 6.96. The fourth-order valence-electron chi connectivity index (χ4n) is 1.37. The Hall–Kier alpha value is -1.72. The molecule has 0 amide bonds. The third-order valence-corrected chi connectivity index (χ3v) is 2.00. The molecule has 0 radical (unpaired) electrons. The van der Waals surface area contributed by atoms with Gasteiger partial charge in [-0.1, -0.05) is 0 Å². The number of benzene rings is 1. The van der Waals surface area contributed by atoms with E-state index in [4.69, 9.17) is 0 Å². The molecule has 0 aliphatic carbocycles. The molecule has 0 atom stereocenters. The van der Waals surface area contributed by atoms with Crippen molar-refractivity contribution >= 4 is 11.0 Å². The number of hydrogen-bond donors (Lipinski definition) is 1. The van der Waals surface area contributed by atoms with Gasteiger partial charge in [0, 0.05) is 6.07 Å². The lowest BCUT2D eigenvalue weighted by molar-refractivity contribution is -0.644. The van der Waals surface area contributed by atoms with Crippen molar-refractivity contribution in [2.75, 3.05) is 0 Å². The molecule has 80 valence electrons. The van der Waals surface area contributed by atoms with Gasteiger partial charge in [0.15, 0.2) is 11.0 Å². The highest BCUT2D eigenvalue weighted by Gasteiger charge is 2.31. The summed E-state index contributed by atoms with van der Waals surface area (Å²) in [5.41, 5.74) is 1.41. The molecule has 0 fully saturated rings. The Labute approximate surface area is 83.1 Å². The first-order valence-electron chi connectivity index (χ1n) is 4.18. The predicted octanol–water partition coefficient (Wildman–Crippen LogP) is 1.89. The Kier molecular flexibility index (Phi) is 2.06. The van der Waals surface area contributed by atoms with Gasteiger partial charge in [0.25, 0.3) is 0 Å². The molecule has 1 heterocycles. The van der Waals surface area contributed by atoms with Crippen LogP contribution >= 0.6 is 0 Å². The van der Waals surface area contributed by atoms with Crippen LogP contribution < -0.4 is 9.30 Å². The van der Waals surface area contributed by atoms with Crippen molar-refractivity contribution in [1.29, 1.82) is 0 Å². The van der Waals surface area contributed by atoms with E-state index in [2.05, 4.69) is 9.72 Å². The maximum atomic E-state index is 11.9. The van der Waals surface area contributed by atoms with Crippen molar-refractivity contribution < 1.29 is 22.5 Å². The molecular weight excluding hydrogens is 209 g/mol. The lowest BCUT2D eigenvalue weighted by Crippen LogP contribution is -2.24. The highest BCUT2D eigenvalue weighted by molar-refractivity contribution is 5.72. The molecule has 6 heteroatoms. The Bertz CT molecular complexity index is 490. The summed E-state index contributed by atoms with van der Waals surface area (Å²) in [6, 6.07) is 4.15. The molecule has 0 saturated carbocycles. The zero-order valence-electron chi connectivity index (χ0n) is 7.80. The summed E-state index contributed by atoms with van der Waals surface area (Å²) >= 11 is 0. The first-order valence-corrected chi connectivity index (χ1v) is 4.18. The SMILES string of the molecule is C[n+]1c[nH]c2cc(OC(F)(F)F)ccc21. The maximum Gasteiger partial charge on any atom is 0.573 e. The monoisotopic (exact) mass is 217 g/mol. The molecule has 1 N–H and O–H groups in total. The molecule has 0 saturated heterocycles. The van der Waals surface area contributed by atoms with E-state index in [9.17, 15) is 13.2 Å². The molecule has 3 nitrogen and oxygen atoms in total. The summed E-state index contributed by atoms with van der Waals surface area (Å²) in [6.45, 7) is 0. The van der Waals surface area contributed by atoms with Crippen LogP contribution in [0.15, 0.2) is 24.5 Å². The van der Waals surface area contributed by atoms with E-state index < -0.39 is 6.36 Å². The second-order valence-corrected chi connectivity index (χ2v) is 3.11. The molecule has 15 heavy (non-hydrogen) atoms. The number of aryl methyl sites for hydroxylation is 1. The Morgan fingerprint density at radius 1 is 1.33 bits per heavy atom. The fourth-order valence-corrected chi connectivity index (χ4v) is 1.37. The molecule has 0 bridgehead atoms. The largest absolute Gasteiger partial charge is 0.573 e. The molecule has 0 unspecified atom stereocenters. The number of hydrogen-bond acceptors (Lipinski definition) is 1. The number of rotatable bonds is 1. The van der Waals surface area contributed by atoms with Crippen molar-refractivity contribution in [3.05, 3.63) is 24.5 Å². The van der Waals surface area contributed by atoms with Gasteiger partial charge in [0.2, 0.25) is 6.33 Å². The summed E-state index contributed by atoms with van der Waals surface area (Å²) in [4.78, 5) is 2.83. The molecule has 1 aromatic heterocycles. The van der Waals surface area contributed by atoms with Gasteiger partial charge in [0.05, 0.1) is 7.05 Å². The molecule has 0 aliphatic rings. The summed E-state index contributed by atoms with van der Waals surface area (Å²) in [5.74, 6) is -0.225. The van der Waals surface area contributed by atoms with Gasteiger partial charge in [-0.3, -0.25) is 0 Å². The van der Waals surface area contributed by atoms with Crippen molar-refractivity contribution in [2.45, 2.75) is 6.36 Å². The molecule has 2 aromatic rings. The van der Waals surface area contributed by atoms with Crippen LogP contribution in [0.4, 0.5) is 13.2 Å². The number of imidazole rings is 1. The average molecular weight is 217 g/mol. The van der Waals surface area contributed by atoms with Crippen molar-refractivity contribution in [1.82, 2.24) is 4.98 Å². The van der Waals surface area contributed by atoms with Gasteiger partial charge in [-0.2, -0.15) is 0 Å². The smallest absolute Gasteiger partial charge is 0.406 e. The van der Waals surface area contributed by atoms with Crippen LogP contribution in [0.2, 0.25) is 0 Å². The van der Waals surface area contributed by atoms with Gasteiger partial charge < -0.3 is 4.74 Å². The second kappa shape index (κ2) is 3.15. The summed E-state index contributed by atoms with van der Waals surface area (Å²) in [7, 11) is 1.79. The Morgan fingerprint density at radius 3 is 2.73 bits per heavy atom. The number of nitrogens with zero attached hydrogens (tertiary/aromatic N) is 1. The van der Waals surface area contributed by atoms with Gasteiger partial charge in [-0.05, 0) is 12.1 Å². The molecule has 0 spiro atoms. The van der Waals surface area contributed by atoms with E-state index in [0.29, 0.717) is 5.52 Å². The average Bonchev–Trinajstić information content (AvgIpc) is 2.45. The normalized spacial score (nSPS) is 12.0. The maximum absolute atomic E-state index is 11.9. The van der Waals surface area contributed by atoms with Gasteiger partial charge in [0.1, 0.15) is 5.75 Å². The van der Waals surface area contributed by atoms with E-state index in [-0.39, 0.29) is 5.75 Å². The zero-order chi connectivity index (χ0) is 11.1. The van der Waals surface area contributed by atoms with Crippen LogP contribution in [0.25, 0.3) is 11.0 Å². The van der Waals surface area contributed by atoms with Gasteiger partial charge >= 0.3 is 6.36 Å². The lowest BCUT2D eigenvalue weighted by atomic mass is 10.3. The van der Waals surface area contributed by atoms with Crippen LogP contribution in [0.5, 0.6) is 5.75 Å². The van der Waals surface area contributed by atoms with E-state index in [1.165, 1.54) is 12.1 Å². The number of fused-ring (bicyclic) bond motifs is 1. The van der Waals surface area contributed by atoms with Crippen molar-refractivity contribution in [3.63, 3.8) is 0 Å². The summed E-state index contributed by atoms with van der Waals surface area (Å²) < 4.78 is 41.3. The summed E-state index contributed by atoms with van der Waals surface area (Å²) in [5, 5.41) is 0. The van der Waals surface area contributed by atoms with Crippen LogP contribution in [-0.2, 0) is 7.05 Å². The van der Waals surface area contributed by atoms with Crippen molar-refractivity contribution in [2.24, 2.45) is 7.05 Å². The minimum absolute atomic E-state index is 0.225. The molecule has 1 aromatic carbocycles. The third-order valence-electron chi connectivity index (χ3n) is 2.00. The number of aromatic amines is 1. The first kappa shape index (κ1) is 9.82. The zero-order valence-corrected chi connectivity index (χ0v) is 7.80. The van der Waals surface area contributed by atoms with Crippen LogP contribution in [0.1, 0.15) is 0 Å². The molecular formula is C9H8F3N2O+. The number of ether oxygens (including phenoxy) is 1. The Morgan fingerprint density at radius 2 is 2.07 bits per heavy atom. The molecule has 0 aliphatic heterocycles. The number of aromatic nitrogens is 2. The predicted molar refractivity (Wildman–Crippen MR) is 46.2 cm³/mol. The van der Waals surface area contributed by atoms with E-state index in [1.54, 1.807) is 24.0 Å². The number of nitrogens with one attached hydrogen (secondary N) is 1. The summed E-state index contributed by atoms with van der Waals surface area (Å²) in [6.07, 6.45) is -3.00. The van der Waals surface area contributed by atoms with Gasteiger partial charge in [-0.15, -0.1) is 13.2 Å². The standard InChI is InChI=1S/C9H7F3N2O/c1-14-5-13-7-4-6(2-3-8(7)14)15-9(10,11)12/h2-5H,1H3/p+1. The number of H-pyrrole nitrogens is 1. The van der Waals surface area contributed by atoms with E-state index in [0.717, 1.165) is 5.52 Å². The fraction of sp³-hybridized carbons (Fsp3) is 0.222. The van der Waals surface area contributed by atoms with E-state index in [1.807, 2.05) is 0 Å². The topological polar surface area (TPSA) is 28.9 Å². The third kappa shape index (κ3) is 2.03. The second-order valence-electron chi connectivity index (χ2n) is 3.11. The van der Waals surface area contributed by atoms with Crippen LogP contribution in [0.3, 0.4) is 0 Å². The quantitative estimate of drug-likeness (QED) is 0.726. The number of alkyl halides is 3. The highest BCUT2D eigenvalue weighted by Crippen LogP contribution is 2.24. The highest BCUT2D eigenvalue weighted by atomic mass is 19.4. The van der Waals surface area contributed by atoms with Crippen molar-refractivity contribution in [3.8, 4) is 5.75 Å². The Balaban J connectivity index is 2.39. The van der Waals surface area contributed by atoms with Gasteiger partial charge in [-0.25, -0.2) is 9.55 Å². The number of halogens is 3. The van der Waals surface area contributed by atoms with Crippen LogP contribution in [-0.4, -0.2) is 11.3 Å². The minimum atomic E-state index is -4.65. The van der Waals surface area contributed by atoms with Crippen LogP contribution in [0, 0.1) is 0 Å². The minimum Gasteiger partial charge on any atom is -0.406 e. The van der Waals surface area contributed by atoms with E-state index >= 15 is 0 Å². The lowest BCUT2D eigenvalue weighted by Gasteiger charge is -2.07. The molecule has 2 rings (SSSR count).